The van der Waals surface area contributed by atoms with Crippen LogP contribution in [-0.4, -0.2) is 28.4 Å². The number of nitro benzene ring substituents is 2. The van der Waals surface area contributed by atoms with Gasteiger partial charge in [0.15, 0.2) is 0 Å². The SMILES string of the molecule is NC1C(Cl)=CC(C(F)(F)F)=CN1c1c([N+](=O)[O-])cc(CC(F)(F)F)c(Cl)c1[N+](=O)[O-]. The van der Waals surface area contributed by atoms with Crippen LogP contribution < -0.4 is 10.6 Å². The molecule has 0 bridgehead atoms. The van der Waals surface area contributed by atoms with E-state index in [4.69, 9.17) is 28.9 Å². The molecule has 0 saturated carbocycles. The molecule has 0 spiro atoms. The van der Waals surface area contributed by atoms with Crippen LogP contribution in [0.25, 0.3) is 0 Å². The number of anilines is 1. The summed E-state index contributed by atoms with van der Waals surface area (Å²) >= 11 is 11.4. The molecule has 0 saturated heterocycles. The summed E-state index contributed by atoms with van der Waals surface area (Å²) in [6.45, 7) is 0. The van der Waals surface area contributed by atoms with Gasteiger partial charge in [0.05, 0.1) is 26.9 Å². The van der Waals surface area contributed by atoms with Crippen molar-refractivity contribution in [1.82, 2.24) is 0 Å². The van der Waals surface area contributed by atoms with Crippen molar-refractivity contribution in [3.63, 3.8) is 0 Å². The molecule has 164 valence electrons. The molecule has 0 radical (unpaired) electrons. The predicted octanol–water partition coefficient (Wildman–Crippen LogP) is 4.93. The first kappa shape index (κ1) is 23.7. The molecule has 0 aliphatic carbocycles. The lowest BCUT2D eigenvalue weighted by atomic mass is 10.0. The monoisotopic (exact) mass is 480 g/mol. The fourth-order valence-corrected chi connectivity index (χ4v) is 3.07. The number of nitrogens with two attached hydrogens (primary N) is 1. The van der Waals surface area contributed by atoms with E-state index < -0.39 is 73.0 Å². The highest BCUT2D eigenvalue weighted by Gasteiger charge is 2.43. The second-order valence-corrected chi connectivity index (χ2v) is 6.65. The van der Waals surface area contributed by atoms with Crippen LogP contribution in [-0.2, 0) is 6.42 Å². The first-order valence-electron chi connectivity index (χ1n) is 7.45. The van der Waals surface area contributed by atoms with Crippen molar-refractivity contribution in [3.05, 3.63) is 59.8 Å². The van der Waals surface area contributed by atoms with Crippen LogP contribution in [0.1, 0.15) is 5.56 Å². The molecule has 30 heavy (non-hydrogen) atoms. The van der Waals surface area contributed by atoms with E-state index in [2.05, 4.69) is 0 Å². The van der Waals surface area contributed by atoms with Crippen molar-refractivity contribution >= 4 is 40.3 Å². The molecule has 2 rings (SSSR count). The Bertz CT molecular complexity index is 977. The van der Waals surface area contributed by atoms with Gasteiger partial charge >= 0.3 is 18.0 Å². The van der Waals surface area contributed by atoms with Gasteiger partial charge in [-0.15, -0.1) is 0 Å². The number of allylic oxidation sites excluding steroid dienone is 2. The summed E-state index contributed by atoms with van der Waals surface area (Å²) < 4.78 is 77.6. The molecular weight excluding hydrogens is 473 g/mol. The Hall–Kier alpha value is -2.58. The zero-order chi connectivity index (χ0) is 23.2. The highest BCUT2D eigenvalue weighted by atomic mass is 35.5. The second-order valence-electron chi connectivity index (χ2n) is 5.84. The molecule has 1 heterocycles. The number of rotatable bonds is 4. The number of benzene rings is 1. The van der Waals surface area contributed by atoms with Crippen molar-refractivity contribution < 1.29 is 36.2 Å². The average molecular weight is 481 g/mol. The maximum Gasteiger partial charge on any atom is 0.417 e. The Balaban J connectivity index is 2.89. The summed E-state index contributed by atoms with van der Waals surface area (Å²) in [6.07, 6.45) is -13.0. The Morgan fingerprint density at radius 1 is 1.10 bits per heavy atom. The van der Waals surface area contributed by atoms with Gasteiger partial charge in [-0.3, -0.25) is 20.2 Å². The largest absolute Gasteiger partial charge is 0.417 e. The lowest BCUT2D eigenvalue weighted by molar-refractivity contribution is -0.392. The van der Waals surface area contributed by atoms with E-state index in [-0.39, 0.29) is 17.2 Å². The van der Waals surface area contributed by atoms with Crippen molar-refractivity contribution in [2.45, 2.75) is 24.9 Å². The molecule has 1 aliphatic heterocycles. The summed E-state index contributed by atoms with van der Waals surface area (Å²) in [7, 11) is 0. The van der Waals surface area contributed by atoms with Crippen molar-refractivity contribution in [3.8, 4) is 0 Å². The Kier molecular flexibility index (Phi) is 6.26. The fourth-order valence-electron chi connectivity index (χ4n) is 2.57. The van der Waals surface area contributed by atoms with Gasteiger partial charge in [0.2, 0.25) is 5.69 Å². The van der Waals surface area contributed by atoms with Gasteiger partial charge in [0.1, 0.15) is 11.2 Å². The number of hydrogen-bond acceptors (Lipinski definition) is 6. The zero-order valence-electron chi connectivity index (χ0n) is 14.1. The highest BCUT2D eigenvalue weighted by molar-refractivity contribution is 6.34. The van der Waals surface area contributed by atoms with Crippen LogP contribution in [0, 0.1) is 20.2 Å². The van der Waals surface area contributed by atoms with E-state index in [1.807, 2.05) is 0 Å². The molecule has 1 aromatic carbocycles. The molecule has 0 aromatic heterocycles. The minimum atomic E-state index is -5.03. The topological polar surface area (TPSA) is 116 Å². The maximum atomic E-state index is 13.1. The third-order valence-corrected chi connectivity index (χ3v) is 4.53. The van der Waals surface area contributed by atoms with Gasteiger partial charge < -0.3 is 10.6 Å². The molecule has 1 unspecified atom stereocenters. The number of hydrogen-bond donors (Lipinski definition) is 1. The van der Waals surface area contributed by atoms with Crippen LogP contribution in [0.15, 0.2) is 28.9 Å². The van der Waals surface area contributed by atoms with Crippen LogP contribution >= 0.6 is 23.2 Å². The third-order valence-electron chi connectivity index (χ3n) is 3.78. The van der Waals surface area contributed by atoms with E-state index in [9.17, 15) is 46.6 Å². The number of halogens is 8. The predicted molar refractivity (Wildman–Crippen MR) is 93.0 cm³/mol. The number of nitrogens with zero attached hydrogens (tertiary/aromatic N) is 3. The second kappa shape index (κ2) is 7.92. The van der Waals surface area contributed by atoms with Crippen LogP contribution in [0.2, 0.25) is 5.02 Å². The molecular formula is C14H8Cl2F6N4O4. The summed E-state index contributed by atoms with van der Waals surface area (Å²) in [5.41, 5.74) is -0.739. The number of alkyl halides is 6. The third kappa shape index (κ3) is 4.76. The van der Waals surface area contributed by atoms with E-state index in [0.29, 0.717) is 6.08 Å². The highest BCUT2D eigenvalue weighted by Crippen LogP contribution is 2.48. The molecule has 1 aromatic rings. The average Bonchev–Trinajstić information content (AvgIpc) is 2.55. The van der Waals surface area contributed by atoms with E-state index in [1.165, 1.54) is 0 Å². The molecule has 8 nitrogen and oxygen atoms in total. The van der Waals surface area contributed by atoms with Gasteiger partial charge in [-0.25, -0.2) is 0 Å². The summed E-state index contributed by atoms with van der Waals surface area (Å²) in [5.74, 6) is 0. The summed E-state index contributed by atoms with van der Waals surface area (Å²) in [6, 6.07) is 0.290. The van der Waals surface area contributed by atoms with Crippen LogP contribution in [0.3, 0.4) is 0 Å². The van der Waals surface area contributed by atoms with E-state index >= 15 is 0 Å². The fraction of sp³-hybridized carbons (Fsp3) is 0.286. The maximum absolute atomic E-state index is 13.1. The minimum absolute atomic E-state index is 0.214. The van der Waals surface area contributed by atoms with Crippen LogP contribution in [0.4, 0.5) is 43.4 Å². The van der Waals surface area contributed by atoms with Crippen molar-refractivity contribution in [1.29, 1.82) is 0 Å². The molecule has 2 N–H and O–H groups in total. The lowest BCUT2D eigenvalue weighted by Gasteiger charge is -2.31. The van der Waals surface area contributed by atoms with E-state index in [0.717, 1.165) is 0 Å². The Labute approximate surface area is 172 Å². The van der Waals surface area contributed by atoms with Crippen molar-refractivity contribution in [2.24, 2.45) is 5.73 Å². The minimum Gasteiger partial charge on any atom is -0.315 e. The smallest absolute Gasteiger partial charge is 0.315 e. The lowest BCUT2D eigenvalue weighted by Crippen LogP contribution is -2.42. The molecule has 1 aliphatic rings. The van der Waals surface area contributed by atoms with Gasteiger partial charge in [0.25, 0.3) is 5.69 Å². The first-order valence-corrected chi connectivity index (χ1v) is 8.21. The van der Waals surface area contributed by atoms with Gasteiger partial charge in [-0.2, -0.15) is 26.3 Å². The van der Waals surface area contributed by atoms with Gasteiger partial charge in [-0.05, 0) is 11.6 Å². The first-order chi connectivity index (χ1) is 13.5. The summed E-state index contributed by atoms with van der Waals surface area (Å²) in [4.78, 5) is 20.5. The normalized spacial score (nSPS) is 17.5. The molecule has 1 atom stereocenters. The van der Waals surface area contributed by atoms with E-state index in [1.54, 1.807) is 0 Å². The molecule has 0 fully saturated rings. The van der Waals surface area contributed by atoms with Crippen LogP contribution in [0.5, 0.6) is 0 Å². The molecule has 0 amide bonds. The standard InChI is InChI=1S/C14H8Cl2F6N4O4/c15-7-2-6(14(20,21)22)4-24(12(7)23)10-8(25(27)28)1-5(3-13(17,18)19)9(16)11(10)26(29)30/h1-2,4,12H,3,23H2. The quantitative estimate of drug-likeness (QED) is 0.370. The zero-order valence-corrected chi connectivity index (χ0v) is 15.6. The molecule has 16 heteroatoms. The Morgan fingerprint density at radius 3 is 2.10 bits per heavy atom. The van der Waals surface area contributed by atoms with Crippen molar-refractivity contribution in [2.75, 3.05) is 4.90 Å². The van der Waals surface area contributed by atoms with Gasteiger partial charge in [0, 0.05) is 12.3 Å². The number of nitro groups is 2. The summed E-state index contributed by atoms with van der Waals surface area (Å²) in [5, 5.41) is 21.1. The van der Waals surface area contributed by atoms with Gasteiger partial charge in [-0.1, -0.05) is 23.2 Å². The Morgan fingerprint density at radius 2 is 1.67 bits per heavy atom.